The number of alkyl halides is 3. The molecule has 0 aromatic heterocycles. The molecule has 0 bridgehead atoms. The monoisotopic (exact) mass is 387 g/mol. The summed E-state index contributed by atoms with van der Waals surface area (Å²) in [7, 11) is 0. The van der Waals surface area contributed by atoms with Gasteiger partial charge < -0.3 is 5.32 Å². The second kappa shape index (κ2) is 6.57. The van der Waals surface area contributed by atoms with E-state index in [1.54, 1.807) is 29.6 Å². The number of hydrogen-bond acceptors (Lipinski definition) is 1. The second-order valence-corrected chi connectivity index (χ2v) is 5.52. The summed E-state index contributed by atoms with van der Waals surface area (Å²) in [6, 6.07) is 10.9. The van der Waals surface area contributed by atoms with Crippen molar-refractivity contribution < 1.29 is 35.5 Å². The van der Waals surface area contributed by atoms with Crippen LogP contribution in [-0.4, -0.2) is 5.91 Å². The molecule has 9 heteroatoms. The maximum atomic E-state index is 13.9. The molecule has 3 aromatic carbocycles. The summed E-state index contributed by atoms with van der Waals surface area (Å²) in [6.07, 6.45) is -5.66. The predicted octanol–water partition coefficient (Wildman–Crippen LogP) is 5.67. The molecule has 0 saturated heterocycles. The number of carbonyl (C=O) groups is 1. The van der Waals surface area contributed by atoms with Crippen LogP contribution in [0.25, 0.3) is 10.8 Å². The fourth-order valence-corrected chi connectivity index (χ4v) is 2.51. The van der Waals surface area contributed by atoms with E-state index < -0.39 is 46.6 Å². The molecule has 3 rings (SSSR count). The molecule has 0 atom stereocenters. The molecular formula is C18H8F7NO. The van der Waals surface area contributed by atoms with Gasteiger partial charge in [0.25, 0.3) is 5.91 Å². The number of nitrogens with one attached hydrogen (secondary N) is 1. The SMILES string of the molecule is O=C(Nc1c(F)c(F)c(C(F)(F)F)c(F)c1F)c1ccc2ccccc2c1. The maximum Gasteiger partial charge on any atom is 0.422 e. The molecule has 2 nitrogen and oxygen atoms in total. The van der Waals surface area contributed by atoms with Gasteiger partial charge in [0.05, 0.1) is 0 Å². The molecular weight excluding hydrogens is 379 g/mol. The van der Waals surface area contributed by atoms with Crippen LogP contribution in [-0.2, 0) is 6.18 Å². The summed E-state index contributed by atoms with van der Waals surface area (Å²) in [5.41, 5.74) is -4.47. The van der Waals surface area contributed by atoms with Crippen LogP contribution >= 0.6 is 0 Å². The summed E-state index contributed by atoms with van der Waals surface area (Å²) in [6.45, 7) is 0. The van der Waals surface area contributed by atoms with Crippen LogP contribution in [0.1, 0.15) is 15.9 Å². The van der Waals surface area contributed by atoms with Crippen molar-refractivity contribution in [3.8, 4) is 0 Å². The molecule has 0 heterocycles. The van der Waals surface area contributed by atoms with Gasteiger partial charge in [0.15, 0.2) is 23.3 Å². The smallest absolute Gasteiger partial charge is 0.317 e. The normalized spacial score (nSPS) is 11.7. The van der Waals surface area contributed by atoms with E-state index in [9.17, 15) is 35.5 Å². The van der Waals surface area contributed by atoms with E-state index in [2.05, 4.69) is 0 Å². The van der Waals surface area contributed by atoms with Gasteiger partial charge in [0.1, 0.15) is 11.3 Å². The number of benzene rings is 3. The third-order valence-electron chi connectivity index (χ3n) is 3.80. The fraction of sp³-hybridized carbons (Fsp3) is 0.0556. The molecule has 27 heavy (non-hydrogen) atoms. The second-order valence-electron chi connectivity index (χ2n) is 5.52. The number of fused-ring (bicyclic) bond motifs is 1. The van der Waals surface area contributed by atoms with Gasteiger partial charge in [-0.05, 0) is 22.9 Å². The van der Waals surface area contributed by atoms with Gasteiger partial charge in [0, 0.05) is 5.56 Å². The Morgan fingerprint density at radius 1 is 0.778 bits per heavy atom. The van der Waals surface area contributed by atoms with Crippen LogP contribution < -0.4 is 5.32 Å². The van der Waals surface area contributed by atoms with E-state index in [0.717, 1.165) is 5.39 Å². The third kappa shape index (κ3) is 3.32. The number of amides is 1. The molecule has 1 amide bonds. The first-order valence-corrected chi connectivity index (χ1v) is 7.34. The summed E-state index contributed by atoms with van der Waals surface area (Å²) >= 11 is 0. The zero-order chi connectivity index (χ0) is 19.9. The standard InChI is InChI=1S/C18H8F7NO/c19-12-11(18(23,24)25)13(20)15(22)16(14(12)21)26-17(27)10-6-5-8-3-1-2-4-9(8)7-10/h1-7H,(H,26,27). The van der Waals surface area contributed by atoms with Crippen molar-refractivity contribution in [2.75, 3.05) is 5.32 Å². The van der Waals surface area contributed by atoms with Gasteiger partial charge in [-0.15, -0.1) is 0 Å². The van der Waals surface area contributed by atoms with Crippen LogP contribution in [0.3, 0.4) is 0 Å². The highest BCUT2D eigenvalue weighted by Gasteiger charge is 2.42. The lowest BCUT2D eigenvalue weighted by molar-refractivity contribution is -0.143. The van der Waals surface area contributed by atoms with E-state index in [4.69, 9.17) is 0 Å². The van der Waals surface area contributed by atoms with Crippen LogP contribution in [0.15, 0.2) is 42.5 Å². The Balaban J connectivity index is 2.03. The topological polar surface area (TPSA) is 29.1 Å². The van der Waals surface area contributed by atoms with E-state index in [1.807, 2.05) is 0 Å². The molecule has 0 spiro atoms. The molecule has 0 aliphatic carbocycles. The Morgan fingerprint density at radius 3 is 1.89 bits per heavy atom. The average Bonchev–Trinajstić information content (AvgIpc) is 2.62. The Hall–Kier alpha value is -3.10. The van der Waals surface area contributed by atoms with Gasteiger partial charge >= 0.3 is 6.18 Å². The molecule has 0 saturated carbocycles. The third-order valence-corrected chi connectivity index (χ3v) is 3.80. The van der Waals surface area contributed by atoms with Gasteiger partial charge in [-0.25, -0.2) is 17.6 Å². The average molecular weight is 387 g/mol. The molecule has 0 unspecified atom stereocenters. The van der Waals surface area contributed by atoms with E-state index >= 15 is 0 Å². The largest absolute Gasteiger partial charge is 0.422 e. The Morgan fingerprint density at radius 2 is 1.33 bits per heavy atom. The van der Waals surface area contributed by atoms with Gasteiger partial charge in [-0.1, -0.05) is 30.3 Å². The van der Waals surface area contributed by atoms with Crippen molar-refractivity contribution in [1.29, 1.82) is 0 Å². The number of hydrogen-bond donors (Lipinski definition) is 1. The van der Waals surface area contributed by atoms with Crippen molar-refractivity contribution in [2.24, 2.45) is 0 Å². The molecule has 0 aliphatic heterocycles. The summed E-state index contributed by atoms with van der Waals surface area (Å²) in [4.78, 5) is 12.2. The minimum absolute atomic E-state index is 0.117. The van der Waals surface area contributed by atoms with E-state index in [-0.39, 0.29) is 5.56 Å². The Labute approximate surface area is 147 Å². The van der Waals surface area contributed by atoms with Gasteiger partial charge in [-0.2, -0.15) is 13.2 Å². The lowest BCUT2D eigenvalue weighted by Gasteiger charge is -2.14. The zero-order valence-electron chi connectivity index (χ0n) is 13.1. The molecule has 0 aliphatic rings. The van der Waals surface area contributed by atoms with Crippen molar-refractivity contribution in [3.05, 3.63) is 76.9 Å². The first kappa shape index (κ1) is 18.7. The lowest BCUT2D eigenvalue weighted by atomic mass is 10.1. The highest BCUT2D eigenvalue weighted by atomic mass is 19.4. The highest BCUT2D eigenvalue weighted by molar-refractivity contribution is 6.06. The molecule has 140 valence electrons. The minimum atomic E-state index is -5.66. The van der Waals surface area contributed by atoms with Crippen LogP contribution in [0.2, 0.25) is 0 Å². The molecule has 3 aromatic rings. The first-order valence-electron chi connectivity index (χ1n) is 7.34. The predicted molar refractivity (Wildman–Crippen MR) is 83.2 cm³/mol. The summed E-state index contributed by atoms with van der Waals surface area (Å²) in [5.74, 6) is -11.1. The van der Waals surface area contributed by atoms with Crippen LogP contribution in [0.4, 0.5) is 36.4 Å². The van der Waals surface area contributed by atoms with Gasteiger partial charge in [0.2, 0.25) is 0 Å². The van der Waals surface area contributed by atoms with Crippen LogP contribution in [0, 0.1) is 23.3 Å². The van der Waals surface area contributed by atoms with Crippen LogP contribution in [0.5, 0.6) is 0 Å². The highest BCUT2D eigenvalue weighted by Crippen LogP contribution is 2.38. The van der Waals surface area contributed by atoms with Gasteiger partial charge in [-0.3, -0.25) is 4.79 Å². The van der Waals surface area contributed by atoms with Crippen molar-refractivity contribution in [1.82, 2.24) is 0 Å². The number of halogens is 7. The summed E-state index contributed by atoms with van der Waals surface area (Å²) in [5, 5.41) is 2.93. The number of rotatable bonds is 2. The molecule has 0 fully saturated rings. The first-order chi connectivity index (χ1) is 12.6. The molecule has 1 N–H and O–H groups in total. The maximum absolute atomic E-state index is 13.9. The Kier molecular flexibility index (Phi) is 4.54. The Bertz CT molecular complexity index is 1030. The minimum Gasteiger partial charge on any atom is -0.317 e. The fourth-order valence-electron chi connectivity index (χ4n) is 2.51. The van der Waals surface area contributed by atoms with Crippen molar-refractivity contribution in [3.63, 3.8) is 0 Å². The molecule has 0 radical (unpaired) electrons. The number of carbonyl (C=O) groups excluding carboxylic acids is 1. The van der Waals surface area contributed by atoms with Crippen molar-refractivity contribution in [2.45, 2.75) is 6.18 Å². The quantitative estimate of drug-likeness (QED) is 0.446. The van der Waals surface area contributed by atoms with Crippen molar-refractivity contribution >= 4 is 22.4 Å². The van der Waals surface area contributed by atoms with E-state index in [1.165, 1.54) is 18.2 Å². The summed E-state index contributed by atoms with van der Waals surface area (Å²) < 4.78 is 92.7. The van der Waals surface area contributed by atoms with E-state index in [0.29, 0.717) is 5.39 Å². The lowest BCUT2D eigenvalue weighted by Crippen LogP contribution is -2.20. The zero-order valence-corrected chi connectivity index (χ0v) is 13.1. The number of anilines is 1.